The predicted octanol–water partition coefficient (Wildman–Crippen LogP) is 2.00. The average Bonchev–Trinajstić information content (AvgIpc) is 3.42. The molecule has 4 aliphatic carbocycles. The lowest BCUT2D eigenvalue weighted by Crippen LogP contribution is -2.44. The Morgan fingerprint density at radius 3 is 2.50 bits per heavy atom. The van der Waals surface area contributed by atoms with Crippen molar-refractivity contribution in [1.29, 1.82) is 0 Å². The average molecular weight is 364 g/mol. The summed E-state index contributed by atoms with van der Waals surface area (Å²) in [6.45, 7) is 1.23. The van der Waals surface area contributed by atoms with Gasteiger partial charge >= 0.3 is 11.9 Å². The lowest BCUT2D eigenvalue weighted by Gasteiger charge is -2.38. The van der Waals surface area contributed by atoms with Gasteiger partial charge in [0.2, 0.25) is 5.60 Å². The Morgan fingerprint density at radius 2 is 1.81 bits per heavy atom. The molecule has 0 aromatic carbocycles. The number of hydrogen-bond acceptors (Lipinski definition) is 6. The zero-order chi connectivity index (χ0) is 18.5. The largest absolute Gasteiger partial charge is 0.467 e. The van der Waals surface area contributed by atoms with Gasteiger partial charge in [0, 0.05) is 0 Å². The van der Waals surface area contributed by atoms with Gasteiger partial charge < -0.3 is 14.2 Å². The van der Waals surface area contributed by atoms with E-state index in [1.807, 2.05) is 0 Å². The molecule has 4 fully saturated rings. The first-order chi connectivity index (χ1) is 12.5. The van der Waals surface area contributed by atoms with E-state index in [2.05, 4.69) is 4.74 Å². The molecule has 8 unspecified atom stereocenters. The summed E-state index contributed by atoms with van der Waals surface area (Å²) in [6, 6.07) is 0. The van der Waals surface area contributed by atoms with Gasteiger partial charge in [0.25, 0.3) is 0 Å². The highest BCUT2D eigenvalue weighted by Crippen LogP contribution is 2.68. The molecule has 0 aromatic rings. The molecule has 0 heterocycles. The molecule has 4 aliphatic rings. The van der Waals surface area contributed by atoms with Crippen LogP contribution in [0.2, 0.25) is 0 Å². The quantitative estimate of drug-likeness (QED) is 0.298. The molecule has 6 nitrogen and oxygen atoms in total. The fourth-order valence-corrected chi connectivity index (χ4v) is 6.63. The van der Waals surface area contributed by atoms with E-state index in [-0.39, 0.29) is 0 Å². The van der Waals surface area contributed by atoms with E-state index in [9.17, 15) is 14.4 Å². The van der Waals surface area contributed by atoms with Gasteiger partial charge in [0.15, 0.2) is 6.29 Å². The van der Waals surface area contributed by atoms with Gasteiger partial charge in [-0.25, -0.2) is 9.59 Å². The van der Waals surface area contributed by atoms with Crippen molar-refractivity contribution >= 4 is 18.2 Å². The molecule has 0 amide bonds. The molecule has 0 radical (unpaired) electrons. The maximum Gasteiger partial charge on any atom is 0.345 e. The highest BCUT2D eigenvalue weighted by molar-refractivity contribution is 5.96. The second kappa shape index (κ2) is 6.63. The first kappa shape index (κ1) is 18.0. The zero-order valence-electron chi connectivity index (χ0n) is 15.5. The minimum absolute atomic E-state index is 0.353. The van der Waals surface area contributed by atoms with Crippen molar-refractivity contribution in [2.24, 2.45) is 41.4 Å². The van der Waals surface area contributed by atoms with Crippen molar-refractivity contribution in [2.45, 2.75) is 44.6 Å². The third-order valence-corrected chi connectivity index (χ3v) is 7.65. The molecule has 0 N–H and O–H groups in total. The minimum Gasteiger partial charge on any atom is -0.467 e. The van der Waals surface area contributed by atoms with E-state index in [1.165, 1.54) is 39.7 Å². The van der Waals surface area contributed by atoms with E-state index in [0.717, 1.165) is 36.0 Å². The molecule has 0 aromatic heterocycles. The summed E-state index contributed by atoms with van der Waals surface area (Å²) in [5.41, 5.74) is -1.76. The maximum absolute atomic E-state index is 12.4. The van der Waals surface area contributed by atoms with Crippen molar-refractivity contribution in [2.75, 3.05) is 20.3 Å². The Balaban J connectivity index is 1.32. The SMILES string of the molecule is COC(=O)COC(C)(C=O)C(=O)OCC1CC2CC1C1C3CCC(C3)C21. The van der Waals surface area contributed by atoms with Crippen LogP contribution in [0.4, 0.5) is 0 Å². The highest BCUT2D eigenvalue weighted by Gasteiger charge is 2.62. The molecule has 8 atom stereocenters. The van der Waals surface area contributed by atoms with Gasteiger partial charge in [-0.05, 0) is 80.5 Å². The third kappa shape index (κ3) is 2.77. The van der Waals surface area contributed by atoms with Crippen molar-refractivity contribution in [1.82, 2.24) is 0 Å². The first-order valence-corrected chi connectivity index (χ1v) is 9.81. The van der Waals surface area contributed by atoms with Crippen molar-refractivity contribution in [3.05, 3.63) is 0 Å². The standard InChI is InChI=1S/C20H28O6/c1-20(10-21,26-9-16(22)24-2)19(23)25-8-14-6-13-7-15(14)18-12-4-3-11(5-12)17(13)18/h10-15,17-18H,3-9H2,1-2H3. The van der Waals surface area contributed by atoms with Gasteiger partial charge in [-0.15, -0.1) is 0 Å². The van der Waals surface area contributed by atoms with Crippen LogP contribution in [0.15, 0.2) is 0 Å². The van der Waals surface area contributed by atoms with Crippen molar-refractivity contribution < 1.29 is 28.6 Å². The second-order valence-electron chi connectivity index (χ2n) is 8.83. The van der Waals surface area contributed by atoms with Gasteiger partial charge in [0.1, 0.15) is 6.61 Å². The Bertz CT molecular complexity index is 603. The summed E-state index contributed by atoms with van der Waals surface area (Å²) >= 11 is 0. The van der Waals surface area contributed by atoms with Gasteiger partial charge in [0.05, 0.1) is 13.7 Å². The smallest absolute Gasteiger partial charge is 0.345 e. The third-order valence-electron chi connectivity index (χ3n) is 7.65. The maximum atomic E-state index is 12.4. The van der Waals surface area contributed by atoms with E-state index in [1.54, 1.807) is 0 Å². The number of carbonyl (C=O) groups excluding carboxylic acids is 3. The molecule has 26 heavy (non-hydrogen) atoms. The molecule has 144 valence electrons. The molecule has 4 saturated carbocycles. The van der Waals surface area contributed by atoms with Crippen LogP contribution < -0.4 is 0 Å². The number of methoxy groups -OCH3 is 1. The van der Waals surface area contributed by atoms with E-state index < -0.39 is 24.1 Å². The Kier molecular flexibility index (Phi) is 4.58. The summed E-state index contributed by atoms with van der Waals surface area (Å²) in [5.74, 6) is 4.13. The number of hydrogen-bond donors (Lipinski definition) is 0. The Hall–Kier alpha value is -1.43. The summed E-state index contributed by atoms with van der Waals surface area (Å²) in [7, 11) is 1.22. The minimum atomic E-state index is -1.76. The number of aldehydes is 1. The van der Waals surface area contributed by atoms with E-state index in [0.29, 0.717) is 24.7 Å². The number of fused-ring (bicyclic) bond motifs is 9. The molecule has 0 aliphatic heterocycles. The normalized spacial score (nSPS) is 41.5. The lowest BCUT2D eigenvalue weighted by atomic mass is 9.68. The number of ether oxygens (including phenoxy) is 3. The number of esters is 2. The first-order valence-electron chi connectivity index (χ1n) is 9.81. The van der Waals surface area contributed by atoms with E-state index >= 15 is 0 Å². The van der Waals surface area contributed by atoms with Crippen LogP contribution in [-0.4, -0.2) is 44.1 Å². The summed E-state index contributed by atoms with van der Waals surface area (Å²) in [5, 5.41) is 0. The van der Waals surface area contributed by atoms with Crippen LogP contribution in [0.25, 0.3) is 0 Å². The molecule has 4 bridgehead atoms. The van der Waals surface area contributed by atoms with Gasteiger partial charge in [-0.1, -0.05) is 0 Å². The lowest BCUT2D eigenvalue weighted by molar-refractivity contribution is -0.176. The van der Waals surface area contributed by atoms with Gasteiger partial charge in [-0.3, -0.25) is 4.79 Å². The van der Waals surface area contributed by atoms with Crippen LogP contribution in [0.1, 0.15) is 39.0 Å². The highest BCUT2D eigenvalue weighted by atomic mass is 16.6. The molecule has 0 spiro atoms. The monoisotopic (exact) mass is 364 g/mol. The predicted molar refractivity (Wildman–Crippen MR) is 90.9 cm³/mol. The van der Waals surface area contributed by atoms with Crippen LogP contribution in [0.3, 0.4) is 0 Å². The van der Waals surface area contributed by atoms with Crippen LogP contribution in [0, 0.1) is 41.4 Å². The van der Waals surface area contributed by atoms with E-state index in [4.69, 9.17) is 9.47 Å². The molecule has 0 saturated heterocycles. The summed E-state index contributed by atoms with van der Waals surface area (Å²) < 4.78 is 15.1. The molecule has 6 heteroatoms. The fraction of sp³-hybridized carbons (Fsp3) is 0.850. The van der Waals surface area contributed by atoms with Crippen molar-refractivity contribution in [3.8, 4) is 0 Å². The van der Waals surface area contributed by atoms with Gasteiger partial charge in [-0.2, -0.15) is 0 Å². The summed E-state index contributed by atoms with van der Waals surface area (Å²) in [6.07, 6.45) is 7.04. The number of carbonyl (C=O) groups is 3. The number of rotatable bonds is 7. The topological polar surface area (TPSA) is 78.9 Å². The molecule has 4 rings (SSSR count). The Morgan fingerprint density at radius 1 is 1.08 bits per heavy atom. The zero-order valence-corrected chi connectivity index (χ0v) is 15.5. The molecular weight excluding hydrogens is 336 g/mol. The Labute approximate surface area is 153 Å². The summed E-state index contributed by atoms with van der Waals surface area (Å²) in [4.78, 5) is 34.9. The van der Waals surface area contributed by atoms with Crippen LogP contribution >= 0.6 is 0 Å². The second-order valence-corrected chi connectivity index (χ2v) is 8.83. The van der Waals surface area contributed by atoms with Crippen molar-refractivity contribution in [3.63, 3.8) is 0 Å². The fourth-order valence-electron chi connectivity index (χ4n) is 6.63. The van der Waals surface area contributed by atoms with Crippen LogP contribution in [-0.2, 0) is 28.6 Å². The van der Waals surface area contributed by atoms with Crippen LogP contribution in [0.5, 0.6) is 0 Å². The molecular formula is C20H28O6.